The Morgan fingerprint density at radius 3 is 1.86 bits per heavy atom. The Bertz CT molecular complexity index is 1240. The SMILES string of the molecule is Cc1ccc(S(=O)(=O)c2ccc(Oc3ccc(C)c4ccccc34)cc2)cc1. The van der Waals surface area contributed by atoms with Gasteiger partial charge >= 0.3 is 0 Å². The van der Waals surface area contributed by atoms with Crippen LogP contribution in [0, 0.1) is 13.8 Å². The van der Waals surface area contributed by atoms with E-state index < -0.39 is 9.84 Å². The van der Waals surface area contributed by atoms with E-state index in [1.54, 1.807) is 48.5 Å². The summed E-state index contributed by atoms with van der Waals surface area (Å²) in [6.07, 6.45) is 0. The Hall–Kier alpha value is -3.11. The van der Waals surface area contributed by atoms with Gasteiger partial charge in [-0.2, -0.15) is 0 Å². The van der Waals surface area contributed by atoms with E-state index in [0.29, 0.717) is 5.75 Å². The van der Waals surface area contributed by atoms with Crippen molar-refractivity contribution in [1.29, 1.82) is 0 Å². The number of benzene rings is 4. The fourth-order valence-corrected chi connectivity index (χ4v) is 4.44. The second kappa shape index (κ2) is 7.13. The Labute approximate surface area is 165 Å². The predicted molar refractivity (Wildman–Crippen MR) is 112 cm³/mol. The van der Waals surface area contributed by atoms with Crippen molar-refractivity contribution in [3.05, 3.63) is 96.1 Å². The molecular weight excluding hydrogens is 368 g/mol. The van der Waals surface area contributed by atoms with E-state index >= 15 is 0 Å². The smallest absolute Gasteiger partial charge is 0.206 e. The molecule has 0 heterocycles. The number of hydrogen-bond donors (Lipinski definition) is 0. The molecule has 0 fully saturated rings. The van der Waals surface area contributed by atoms with Crippen LogP contribution in [0.5, 0.6) is 11.5 Å². The van der Waals surface area contributed by atoms with Gasteiger partial charge in [-0.3, -0.25) is 0 Å². The molecular formula is C24H20O3S. The summed E-state index contributed by atoms with van der Waals surface area (Å²) in [7, 11) is -3.54. The molecule has 4 aromatic rings. The highest BCUT2D eigenvalue weighted by Gasteiger charge is 2.17. The first-order chi connectivity index (χ1) is 13.4. The zero-order valence-corrected chi connectivity index (χ0v) is 16.5. The van der Waals surface area contributed by atoms with Crippen molar-refractivity contribution < 1.29 is 13.2 Å². The van der Waals surface area contributed by atoms with Gasteiger partial charge in [0.1, 0.15) is 11.5 Å². The van der Waals surface area contributed by atoms with Gasteiger partial charge in [0.25, 0.3) is 0 Å². The second-order valence-corrected chi connectivity index (χ2v) is 8.77. The fraction of sp³-hybridized carbons (Fsp3) is 0.0833. The van der Waals surface area contributed by atoms with Crippen LogP contribution in [0.25, 0.3) is 10.8 Å². The lowest BCUT2D eigenvalue weighted by Crippen LogP contribution is -2.01. The van der Waals surface area contributed by atoms with Crippen molar-refractivity contribution in [3.63, 3.8) is 0 Å². The molecule has 0 aliphatic carbocycles. The van der Waals surface area contributed by atoms with Gasteiger partial charge in [0.2, 0.25) is 9.84 Å². The molecule has 4 aromatic carbocycles. The molecule has 0 radical (unpaired) electrons. The molecule has 0 saturated carbocycles. The van der Waals surface area contributed by atoms with E-state index in [9.17, 15) is 8.42 Å². The first kappa shape index (κ1) is 18.3. The predicted octanol–water partition coefficient (Wildman–Crippen LogP) is 6.08. The van der Waals surface area contributed by atoms with Crippen molar-refractivity contribution in [2.75, 3.05) is 0 Å². The highest BCUT2D eigenvalue weighted by molar-refractivity contribution is 7.91. The standard InChI is InChI=1S/C24H20O3S/c1-17-7-12-20(13-8-17)28(25,26)21-14-10-19(11-15-21)27-24-16-9-18(2)22-5-3-4-6-23(22)24/h3-16H,1-2H3. The number of fused-ring (bicyclic) bond motifs is 1. The third-order valence-electron chi connectivity index (χ3n) is 4.80. The van der Waals surface area contributed by atoms with Crippen LogP contribution in [0.4, 0.5) is 0 Å². The van der Waals surface area contributed by atoms with Crippen molar-refractivity contribution in [2.45, 2.75) is 23.6 Å². The van der Waals surface area contributed by atoms with E-state index in [-0.39, 0.29) is 9.79 Å². The van der Waals surface area contributed by atoms with Gasteiger partial charge in [0, 0.05) is 5.39 Å². The van der Waals surface area contributed by atoms with Crippen LogP contribution in [-0.4, -0.2) is 8.42 Å². The number of hydrogen-bond acceptors (Lipinski definition) is 3. The van der Waals surface area contributed by atoms with E-state index in [4.69, 9.17) is 4.74 Å². The Kier molecular flexibility index (Phi) is 4.65. The minimum atomic E-state index is -3.54. The van der Waals surface area contributed by atoms with Crippen LogP contribution < -0.4 is 4.74 Å². The summed E-state index contributed by atoms with van der Waals surface area (Å²) in [5, 5.41) is 2.16. The third-order valence-corrected chi connectivity index (χ3v) is 6.58. The van der Waals surface area contributed by atoms with Gasteiger partial charge in [0.05, 0.1) is 9.79 Å². The average Bonchev–Trinajstić information content (AvgIpc) is 2.71. The first-order valence-electron chi connectivity index (χ1n) is 9.03. The van der Waals surface area contributed by atoms with E-state index in [1.807, 2.05) is 37.3 Å². The molecule has 0 spiro atoms. The maximum absolute atomic E-state index is 12.8. The molecule has 4 rings (SSSR count). The lowest BCUT2D eigenvalue weighted by atomic mass is 10.0. The van der Waals surface area contributed by atoms with Crippen molar-refractivity contribution in [2.24, 2.45) is 0 Å². The van der Waals surface area contributed by atoms with Gasteiger partial charge < -0.3 is 4.74 Å². The molecule has 28 heavy (non-hydrogen) atoms. The summed E-state index contributed by atoms with van der Waals surface area (Å²) in [6.45, 7) is 3.99. The largest absolute Gasteiger partial charge is 0.457 e. The molecule has 0 aromatic heterocycles. The monoisotopic (exact) mass is 388 g/mol. The minimum Gasteiger partial charge on any atom is -0.457 e. The summed E-state index contributed by atoms with van der Waals surface area (Å²) in [4.78, 5) is 0.536. The van der Waals surface area contributed by atoms with Crippen LogP contribution in [0.15, 0.2) is 94.7 Å². The normalized spacial score (nSPS) is 11.5. The molecule has 0 aliphatic heterocycles. The summed E-state index contributed by atoms with van der Waals surface area (Å²) in [5.74, 6) is 1.34. The number of rotatable bonds is 4. The molecule has 0 aliphatic rings. The van der Waals surface area contributed by atoms with Gasteiger partial charge in [-0.15, -0.1) is 0 Å². The van der Waals surface area contributed by atoms with Crippen LogP contribution in [0.1, 0.15) is 11.1 Å². The summed E-state index contributed by atoms with van der Waals surface area (Å²) < 4.78 is 31.6. The topological polar surface area (TPSA) is 43.4 Å². The number of sulfone groups is 1. The highest BCUT2D eigenvalue weighted by Crippen LogP contribution is 2.32. The van der Waals surface area contributed by atoms with E-state index in [0.717, 1.165) is 22.1 Å². The Balaban J connectivity index is 1.64. The Morgan fingerprint density at radius 2 is 1.21 bits per heavy atom. The van der Waals surface area contributed by atoms with Gasteiger partial charge in [-0.25, -0.2) is 8.42 Å². The van der Waals surface area contributed by atoms with Crippen molar-refractivity contribution in [3.8, 4) is 11.5 Å². The summed E-state index contributed by atoms with van der Waals surface area (Å²) in [6, 6.07) is 25.4. The summed E-state index contributed by atoms with van der Waals surface area (Å²) in [5.41, 5.74) is 2.20. The number of ether oxygens (including phenoxy) is 1. The van der Waals surface area contributed by atoms with Crippen LogP contribution >= 0.6 is 0 Å². The fourth-order valence-electron chi connectivity index (χ4n) is 3.18. The molecule has 0 unspecified atom stereocenters. The van der Waals surface area contributed by atoms with Gasteiger partial charge in [-0.1, -0.05) is 48.0 Å². The van der Waals surface area contributed by atoms with Crippen molar-refractivity contribution in [1.82, 2.24) is 0 Å². The van der Waals surface area contributed by atoms with E-state index in [1.165, 1.54) is 5.56 Å². The van der Waals surface area contributed by atoms with Gasteiger partial charge in [0.15, 0.2) is 0 Å². The molecule has 0 atom stereocenters. The molecule has 0 bridgehead atoms. The molecule has 4 heteroatoms. The van der Waals surface area contributed by atoms with Crippen LogP contribution in [0.2, 0.25) is 0 Å². The lowest BCUT2D eigenvalue weighted by Gasteiger charge is -2.11. The zero-order valence-electron chi connectivity index (χ0n) is 15.7. The van der Waals surface area contributed by atoms with E-state index in [2.05, 4.69) is 13.0 Å². The molecule has 0 N–H and O–H groups in total. The first-order valence-corrected chi connectivity index (χ1v) is 10.5. The molecule has 3 nitrogen and oxygen atoms in total. The maximum atomic E-state index is 12.8. The zero-order chi connectivity index (χ0) is 19.7. The molecule has 0 saturated heterocycles. The highest BCUT2D eigenvalue weighted by atomic mass is 32.2. The average molecular weight is 388 g/mol. The maximum Gasteiger partial charge on any atom is 0.206 e. The Morgan fingerprint density at radius 1 is 0.643 bits per heavy atom. The summed E-state index contributed by atoms with van der Waals surface area (Å²) >= 11 is 0. The molecule has 0 amide bonds. The quantitative estimate of drug-likeness (QED) is 0.425. The third kappa shape index (κ3) is 3.39. The number of aryl methyl sites for hydroxylation is 2. The minimum absolute atomic E-state index is 0.248. The van der Waals surface area contributed by atoms with Crippen LogP contribution in [-0.2, 0) is 9.84 Å². The van der Waals surface area contributed by atoms with Gasteiger partial charge in [-0.05, 0) is 67.3 Å². The molecule has 140 valence electrons. The second-order valence-electron chi connectivity index (χ2n) is 6.82. The lowest BCUT2D eigenvalue weighted by molar-refractivity contribution is 0.487. The van der Waals surface area contributed by atoms with Crippen molar-refractivity contribution >= 4 is 20.6 Å². The van der Waals surface area contributed by atoms with Crippen LogP contribution in [0.3, 0.4) is 0 Å².